The van der Waals surface area contributed by atoms with Gasteiger partial charge < -0.3 is 5.32 Å². The zero-order valence-corrected chi connectivity index (χ0v) is 13.2. The van der Waals surface area contributed by atoms with Gasteiger partial charge in [-0.1, -0.05) is 30.3 Å². The molecule has 0 fully saturated rings. The molecule has 0 saturated carbocycles. The summed E-state index contributed by atoms with van der Waals surface area (Å²) in [5.41, 5.74) is 5.57. The van der Waals surface area contributed by atoms with Crippen molar-refractivity contribution in [1.82, 2.24) is 9.97 Å². The summed E-state index contributed by atoms with van der Waals surface area (Å²) in [5.74, 6) is -0.152. The molecule has 0 radical (unpaired) electrons. The number of hydrogen-bond acceptors (Lipinski definition) is 3. The van der Waals surface area contributed by atoms with Crippen LogP contribution in [0.2, 0.25) is 0 Å². The number of anilines is 1. The topological polar surface area (TPSA) is 54.9 Å². The van der Waals surface area contributed by atoms with Gasteiger partial charge in [0.05, 0.1) is 22.1 Å². The molecule has 4 nitrogen and oxygen atoms in total. The lowest BCUT2D eigenvalue weighted by molar-refractivity contribution is 0.102. The molecule has 24 heavy (non-hydrogen) atoms. The zero-order chi connectivity index (χ0) is 16.5. The van der Waals surface area contributed by atoms with E-state index in [9.17, 15) is 4.79 Å². The van der Waals surface area contributed by atoms with Crippen molar-refractivity contribution in [2.45, 2.75) is 6.92 Å². The molecule has 4 heteroatoms. The predicted octanol–water partition coefficient (Wildman–Crippen LogP) is 4.34. The SMILES string of the molecule is Cc1ccccc1NC(=O)c1ccc2nc3ccccc3nc2c1. The summed E-state index contributed by atoms with van der Waals surface area (Å²) < 4.78 is 0. The highest BCUT2D eigenvalue weighted by molar-refractivity contribution is 6.06. The number of carbonyl (C=O) groups is 1. The summed E-state index contributed by atoms with van der Waals surface area (Å²) in [4.78, 5) is 21.7. The van der Waals surface area contributed by atoms with Gasteiger partial charge in [-0.3, -0.25) is 4.79 Å². The smallest absolute Gasteiger partial charge is 0.255 e. The average molecular weight is 313 g/mol. The van der Waals surface area contributed by atoms with Crippen LogP contribution in [-0.4, -0.2) is 15.9 Å². The minimum atomic E-state index is -0.152. The molecule has 116 valence electrons. The van der Waals surface area contributed by atoms with Crippen molar-refractivity contribution in [3.8, 4) is 0 Å². The lowest BCUT2D eigenvalue weighted by atomic mass is 10.1. The molecule has 0 saturated heterocycles. The number of nitrogens with one attached hydrogen (secondary N) is 1. The molecule has 0 unspecified atom stereocenters. The fourth-order valence-corrected chi connectivity index (χ4v) is 2.67. The van der Waals surface area contributed by atoms with Crippen LogP contribution < -0.4 is 5.32 Å². The van der Waals surface area contributed by atoms with Gasteiger partial charge in [-0.15, -0.1) is 0 Å². The van der Waals surface area contributed by atoms with Gasteiger partial charge in [-0.05, 0) is 48.9 Å². The summed E-state index contributed by atoms with van der Waals surface area (Å²) in [6, 6.07) is 20.8. The summed E-state index contributed by atoms with van der Waals surface area (Å²) in [6.07, 6.45) is 0. The second-order valence-electron chi connectivity index (χ2n) is 5.68. The fraction of sp³-hybridized carbons (Fsp3) is 0.0500. The third-order valence-corrected chi connectivity index (χ3v) is 3.99. The van der Waals surface area contributed by atoms with Gasteiger partial charge in [0.1, 0.15) is 0 Å². The molecule has 0 bridgehead atoms. The third-order valence-electron chi connectivity index (χ3n) is 3.99. The first kappa shape index (κ1) is 14.3. The number of amides is 1. The number of aromatic nitrogens is 2. The Balaban J connectivity index is 1.72. The molecular formula is C20H15N3O. The van der Waals surface area contributed by atoms with Crippen molar-refractivity contribution < 1.29 is 4.79 Å². The Hall–Kier alpha value is -3.27. The molecule has 0 aliphatic rings. The lowest BCUT2D eigenvalue weighted by Crippen LogP contribution is -2.12. The number of benzene rings is 3. The molecule has 3 aromatic carbocycles. The Labute approximate surface area is 139 Å². The van der Waals surface area contributed by atoms with Gasteiger partial charge >= 0.3 is 0 Å². The Bertz CT molecular complexity index is 1070. The van der Waals surface area contributed by atoms with Gasteiger partial charge in [0.15, 0.2) is 0 Å². The monoisotopic (exact) mass is 313 g/mol. The molecule has 0 aliphatic carbocycles. The van der Waals surface area contributed by atoms with E-state index in [0.29, 0.717) is 11.1 Å². The first-order valence-corrected chi connectivity index (χ1v) is 7.74. The van der Waals surface area contributed by atoms with E-state index in [0.717, 1.165) is 27.8 Å². The first-order chi connectivity index (χ1) is 11.7. The molecule has 1 heterocycles. The van der Waals surface area contributed by atoms with E-state index < -0.39 is 0 Å². The van der Waals surface area contributed by atoms with Crippen LogP contribution in [0, 0.1) is 6.92 Å². The molecule has 0 aliphatic heterocycles. The van der Waals surface area contributed by atoms with Gasteiger partial charge in [0.25, 0.3) is 5.91 Å². The third kappa shape index (κ3) is 2.58. The molecular weight excluding hydrogens is 298 g/mol. The summed E-state index contributed by atoms with van der Waals surface area (Å²) >= 11 is 0. The van der Waals surface area contributed by atoms with Crippen LogP contribution >= 0.6 is 0 Å². The number of para-hydroxylation sites is 3. The molecule has 0 atom stereocenters. The van der Waals surface area contributed by atoms with E-state index in [2.05, 4.69) is 15.3 Å². The maximum atomic E-state index is 12.5. The normalized spacial score (nSPS) is 10.9. The van der Waals surface area contributed by atoms with Crippen molar-refractivity contribution in [2.24, 2.45) is 0 Å². The molecule has 4 aromatic rings. The summed E-state index contributed by atoms with van der Waals surface area (Å²) in [5, 5.41) is 2.94. The second-order valence-corrected chi connectivity index (χ2v) is 5.68. The molecule has 1 aromatic heterocycles. The zero-order valence-electron chi connectivity index (χ0n) is 13.2. The van der Waals surface area contributed by atoms with E-state index in [4.69, 9.17) is 0 Å². The van der Waals surface area contributed by atoms with Crippen molar-refractivity contribution in [1.29, 1.82) is 0 Å². The number of fused-ring (bicyclic) bond motifs is 2. The lowest BCUT2D eigenvalue weighted by Gasteiger charge is -2.08. The van der Waals surface area contributed by atoms with Crippen molar-refractivity contribution in [3.05, 3.63) is 77.9 Å². The number of hydrogen-bond donors (Lipinski definition) is 1. The second kappa shape index (κ2) is 5.74. The maximum absolute atomic E-state index is 12.5. The standard InChI is InChI=1S/C20H15N3O/c1-13-6-2-3-7-15(13)23-20(24)14-10-11-18-19(12-14)22-17-9-5-4-8-16(17)21-18/h2-12H,1H3,(H,23,24). The number of nitrogens with zero attached hydrogens (tertiary/aromatic N) is 2. The van der Waals surface area contributed by atoms with Gasteiger partial charge in [-0.25, -0.2) is 9.97 Å². The minimum Gasteiger partial charge on any atom is -0.322 e. The van der Waals surface area contributed by atoms with E-state index in [1.165, 1.54) is 0 Å². The highest BCUT2D eigenvalue weighted by Crippen LogP contribution is 2.19. The highest BCUT2D eigenvalue weighted by atomic mass is 16.1. The highest BCUT2D eigenvalue weighted by Gasteiger charge is 2.10. The largest absolute Gasteiger partial charge is 0.322 e. The van der Waals surface area contributed by atoms with Crippen LogP contribution in [-0.2, 0) is 0 Å². The molecule has 1 N–H and O–H groups in total. The van der Waals surface area contributed by atoms with Crippen molar-refractivity contribution in [2.75, 3.05) is 5.32 Å². The minimum absolute atomic E-state index is 0.152. The van der Waals surface area contributed by atoms with Crippen LogP contribution in [0.5, 0.6) is 0 Å². The van der Waals surface area contributed by atoms with E-state index in [1.807, 2.05) is 61.5 Å². The Morgan fingerprint density at radius 3 is 2.17 bits per heavy atom. The molecule has 1 amide bonds. The average Bonchev–Trinajstić information content (AvgIpc) is 2.61. The van der Waals surface area contributed by atoms with Gasteiger partial charge in [-0.2, -0.15) is 0 Å². The van der Waals surface area contributed by atoms with E-state index in [1.54, 1.807) is 12.1 Å². The quantitative estimate of drug-likeness (QED) is 0.560. The van der Waals surface area contributed by atoms with Gasteiger partial charge in [0, 0.05) is 11.3 Å². The number of aryl methyl sites for hydroxylation is 1. The molecule has 4 rings (SSSR count). The van der Waals surface area contributed by atoms with E-state index >= 15 is 0 Å². The summed E-state index contributed by atoms with van der Waals surface area (Å²) in [6.45, 7) is 1.97. The van der Waals surface area contributed by atoms with Crippen LogP contribution in [0.3, 0.4) is 0 Å². The van der Waals surface area contributed by atoms with Gasteiger partial charge in [0.2, 0.25) is 0 Å². The Morgan fingerprint density at radius 2 is 1.42 bits per heavy atom. The fourth-order valence-electron chi connectivity index (χ4n) is 2.67. The van der Waals surface area contributed by atoms with E-state index in [-0.39, 0.29) is 5.91 Å². The first-order valence-electron chi connectivity index (χ1n) is 7.74. The molecule has 0 spiro atoms. The van der Waals surface area contributed by atoms with Crippen LogP contribution in [0.15, 0.2) is 66.7 Å². The Morgan fingerprint density at radius 1 is 0.792 bits per heavy atom. The predicted molar refractivity (Wildman–Crippen MR) is 96.2 cm³/mol. The summed E-state index contributed by atoms with van der Waals surface area (Å²) in [7, 11) is 0. The van der Waals surface area contributed by atoms with Crippen LogP contribution in [0.25, 0.3) is 22.1 Å². The number of carbonyl (C=O) groups excluding carboxylic acids is 1. The van der Waals surface area contributed by atoms with Crippen molar-refractivity contribution in [3.63, 3.8) is 0 Å². The Kier molecular flexibility index (Phi) is 3.43. The van der Waals surface area contributed by atoms with Crippen molar-refractivity contribution >= 4 is 33.7 Å². The van der Waals surface area contributed by atoms with Crippen LogP contribution in [0.4, 0.5) is 5.69 Å². The van der Waals surface area contributed by atoms with Crippen LogP contribution in [0.1, 0.15) is 15.9 Å². The maximum Gasteiger partial charge on any atom is 0.255 e. The number of rotatable bonds is 2.